The van der Waals surface area contributed by atoms with E-state index in [9.17, 15) is 0 Å². The number of anilines is 1. The zero-order chi connectivity index (χ0) is 14.4. The Balaban J connectivity index is 2.16. The molecule has 0 aliphatic heterocycles. The quantitative estimate of drug-likeness (QED) is 0.871. The van der Waals surface area contributed by atoms with Gasteiger partial charge >= 0.3 is 0 Å². The van der Waals surface area contributed by atoms with Crippen LogP contribution in [0.4, 0.5) is 5.82 Å². The van der Waals surface area contributed by atoms with E-state index >= 15 is 0 Å². The van der Waals surface area contributed by atoms with Crippen LogP contribution < -0.4 is 10.1 Å². The summed E-state index contributed by atoms with van der Waals surface area (Å²) in [6.45, 7) is 5.30. The standard InChI is InChI=1S/C15H18BrN3O/c1-3-12-14(16)15(17-4-2)19-13(18-12)10-20-11-8-6-5-7-9-11/h5-9H,3-4,10H2,1-2H3,(H,17,18,19). The molecule has 0 aliphatic rings. The van der Waals surface area contributed by atoms with Gasteiger partial charge in [0.1, 0.15) is 18.2 Å². The lowest BCUT2D eigenvalue weighted by atomic mass is 10.3. The number of ether oxygens (including phenoxy) is 1. The summed E-state index contributed by atoms with van der Waals surface area (Å²) >= 11 is 3.54. The second-order valence-electron chi connectivity index (χ2n) is 4.23. The van der Waals surface area contributed by atoms with Gasteiger partial charge in [-0.2, -0.15) is 0 Å². The van der Waals surface area contributed by atoms with Gasteiger partial charge in [-0.3, -0.25) is 0 Å². The van der Waals surface area contributed by atoms with Crippen molar-refractivity contribution in [3.8, 4) is 5.75 Å². The first-order valence-corrected chi connectivity index (χ1v) is 7.50. The second-order valence-corrected chi connectivity index (χ2v) is 5.03. The Labute approximate surface area is 127 Å². The van der Waals surface area contributed by atoms with E-state index in [1.165, 1.54) is 0 Å². The third kappa shape index (κ3) is 3.70. The van der Waals surface area contributed by atoms with E-state index in [0.717, 1.165) is 34.7 Å². The molecule has 1 N–H and O–H groups in total. The summed E-state index contributed by atoms with van der Waals surface area (Å²) in [4.78, 5) is 9.02. The van der Waals surface area contributed by atoms with Crippen molar-refractivity contribution in [1.29, 1.82) is 0 Å². The minimum absolute atomic E-state index is 0.364. The van der Waals surface area contributed by atoms with E-state index in [-0.39, 0.29) is 0 Å². The van der Waals surface area contributed by atoms with Gasteiger partial charge in [-0.25, -0.2) is 9.97 Å². The monoisotopic (exact) mass is 335 g/mol. The van der Waals surface area contributed by atoms with Gasteiger partial charge in [-0.15, -0.1) is 0 Å². The zero-order valence-corrected chi connectivity index (χ0v) is 13.3. The fourth-order valence-corrected chi connectivity index (χ4v) is 2.39. The van der Waals surface area contributed by atoms with E-state index in [1.54, 1.807) is 0 Å². The Morgan fingerprint density at radius 1 is 1.15 bits per heavy atom. The summed E-state index contributed by atoms with van der Waals surface area (Å²) in [5.74, 6) is 2.33. The van der Waals surface area contributed by atoms with Crippen molar-refractivity contribution in [2.75, 3.05) is 11.9 Å². The minimum Gasteiger partial charge on any atom is -0.486 e. The van der Waals surface area contributed by atoms with E-state index in [0.29, 0.717) is 12.4 Å². The third-order valence-corrected chi connectivity index (χ3v) is 3.59. The maximum atomic E-state index is 5.70. The van der Waals surface area contributed by atoms with Gasteiger partial charge < -0.3 is 10.1 Å². The SMILES string of the molecule is CCNc1nc(COc2ccccc2)nc(CC)c1Br. The molecule has 0 unspecified atom stereocenters. The van der Waals surface area contributed by atoms with E-state index in [2.05, 4.69) is 38.1 Å². The fourth-order valence-electron chi connectivity index (χ4n) is 1.79. The Kier molecular flexibility index (Phi) is 5.35. The van der Waals surface area contributed by atoms with Gasteiger partial charge in [0.2, 0.25) is 0 Å². The van der Waals surface area contributed by atoms with Gasteiger partial charge in [-0.1, -0.05) is 25.1 Å². The predicted octanol–water partition coefficient (Wildman–Crippen LogP) is 3.81. The first-order chi connectivity index (χ1) is 9.74. The molecule has 0 fully saturated rings. The molecule has 2 aromatic rings. The number of aromatic nitrogens is 2. The minimum atomic E-state index is 0.364. The van der Waals surface area contributed by atoms with Crippen molar-refractivity contribution in [2.24, 2.45) is 0 Å². The molecule has 0 amide bonds. The zero-order valence-electron chi connectivity index (χ0n) is 11.7. The molecule has 0 saturated heterocycles. The molecule has 1 heterocycles. The number of benzene rings is 1. The third-order valence-electron chi connectivity index (χ3n) is 2.76. The molecule has 106 valence electrons. The molecule has 1 aromatic heterocycles. The van der Waals surface area contributed by atoms with Crippen molar-refractivity contribution in [2.45, 2.75) is 26.9 Å². The number of nitrogens with one attached hydrogen (secondary N) is 1. The first-order valence-electron chi connectivity index (χ1n) is 6.71. The van der Waals surface area contributed by atoms with Gasteiger partial charge in [0.15, 0.2) is 5.82 Å². The van der Waals surface area contributed by atoms with Crippen LogP contribution in [0.2, 0.25) is 0 Å². The molecule has 0 bridgehead atoms. The number of hydrogen-bond acceptors (Lipinski definition) is 4. The van der Waals surface area contributed by atoms with E-state index < -0.39 is 0 Å². The number of rotatable bonds is 6. The molecular formula is C15H18BrN3O. The maximum absolute atomic E-state index is 5.70. The number of para-hydroxylation sites is 1. The molecule has 0 atom stereocenters. The van der Waals surface area contributed by atoms with E-state index in [1.807, 2.05) is 37.3 Å². The number of halogens is 1. The van der Waals surface area contributed by atoms with Crippen LogP contribution >= 0.6 is 15.9 Å². The Bertz CT molecular complexity index is 561. The number of aryl methyl sites for hydroxylation is 1. The maximum Gasteiger partial charge on any atom is 0.168 e. The van der Waals surface area contributed by atoms with Gasteiger partial charge in [-0.05, 0) is 41.4 Å². The molecule has 0 spiro atoms. The summed E-state index contributed by atoms with van der Waals surface area (Å²) in [5.41, 5.74) is 0.989. The molecule has 5 heteroatoms. The average molecular weight is 336 g/mol. The molecule has 4 nitrogen and oxygen atoms in total. The second kappa shape index (κ2) is 7.24. The van der Waals surface area contributed by atoms with Crippen LogP contribution in [0.25, 0.3) is 0 Å². The van der Waals surface area contributed by atoms with Crippen LogP contribution in [0.15, 0.2) is 34.8 Å². The van der Waals surface area contributed by atoms with Crippen molar-refractivity contribution >= 4 is 21.7 Å². The van der Waals surface area contributed by atoms with E-state index in [4.69, 9.17) is 4.74 Å². The van der Waals surface area contributed by atoms with Crippen LogP contribution in [0.1, 0.15) is 25.4 Å². The van der Waals surface area contributed by atoms with Crippen LogP contribution in [0, 0.1) is 0 Å². The van der Waals surface area contributed by atoms with Crippen LogP contribution in [0.3, 0.4) is 0 Å². The first kappa shape index (κ1) is 14.8. The van der Waals surface area contributed by atoms with Crippen LogP contribution in [-0.4, -0.2) is 16.5 Å². The summed E-state index contributed by atoms with van der Waals surface area (Å²) in [5, 5.41) is 3.24. The summed E-state index contributed by atoms with van der Waals surface area (Å²) in [7, 11) is 0. The highest BCUT2D eigenvalue weighted by Gasteiger charge is 2.11. The Hall–Kier alpha value is -1.62. The number of nitrogens with zero attached hydrogens (tertiary/aromatic N) is 2. The Morgan fingerprint density at radius 3 is 2.55 bits per heavy atom. The fraction of sp³-hybridized carbons (Fsp3) is 0.333. The van der Waals surface area contributed by atoms with Gasteiger partial charge in [0.05, 0.1) is 10.2 Å². The molecule has 0 aliphatic carbocycles. The number of hydrogen-bond donors (Lipinski definition) is 1. The highest BCUT2D eigenvalue weighted by molar-refractivity contribution is 9.10. The molecule has 2 rings (SSSR count). The molecule has 1 aromatic carbocycles. The highest BCUT2D eigenvalue weighted by atomic mass is 79.9. The molecule has 20 heavy (non-hydrogen) atoms. The topological polar surface area (TPSA) is 47.0 Å². The van der Waals surface area contributed by atoms with Crippen molar-refractivity contribution < 1.29 is 4.74 Å². The lowest BCUT2D eigenvalue weighted by Gasteiger charge is -2.12. The lowest BCUT2D eigenvalue weighted by Crippen LogP contribution is -2.09. The lowest BCUT2D eigenvalue weighted by molar-refractivity contribution is 0.295. The van der Waals surface area contributed by atoms with Crippen molar-refractivity contribution in [1.82, 2.24) is 9.97 Å². The average Bonchev–Trinajstić information content (AvgIpc) is 2.49. The summed E-state index contributed by atoms with van der Waals surface area (Å²) in [6, 6.07) is 9.69. The summed E-state index contributed by atoms with van der Waals surface area (Å²) < 4.78 is 6.63. The Morgan fingerprint density at radius 2 is 1.90 bits per heavy atom. The molecule has 0 radical (unpaired) electrons. The van der Waals surface area contributed by atoms with Gasteiger partial charge in [0, 0.05) is 6.54 Å². The molecular weight excluding hydrogens is 318 g/mol. The smallest absolute Gasteiger partial charge is 0.168 e. The van der Waals surface area contributed by atoms with Crippen molar-refractivity contribution in [3.63, 3.8) is 0 Å². The van der Waals surface area contributed by atoms with Crippen LogP contribution in [-0.2, 0) is 13.0 Å². The van der Waals surface area contributed by atoms with Crippen molar-refractivity contribution in [3.05, 3.63) is 46.3 Å². The van der Waals surface area contributed by atoms with Crippen LogP contribution in [0.5, 0.6) is 5.75 Å². The molecule has 0 saturated carbocycles. The largest absolute Gasteiger partial charge is 0.486 e. The highest BCUT2D eigenvalue weighted by Crippen LogP contribution is 2.24. The predicted molar refractivity (Wildman–Crippen MR) is 84.0 cm³/mol. The normalized spacial score (nSPS) is 10.3. The van der Waals surface area contributed by atoms with Gasteiger partial charge in [0.25, 0.3) is 0 Å². The summed E-state index contributed by atoms with van der Waals surface area (Å²) in [6.07, 6.45) is 0.847.